The highest BCUT2D eigenvalue weighted by molar-refractivity contribution is 9.10. The minimum absolute atomic E-state index is 0.583. The number of pyridine rings is 1. The molecular weight excluding hydrogens is 272 g/mol. The van der Waals surface area contributed by atoms with Crippen LogP contribution in [0.2, 0.25) is 0 Å². The van der Waals surface area contributed by atoms with Gasteiger partial charge in [-0.25, -0.2) is 0 Å². The first-order valence-electron chi connectivity index (χ1n) is 5.17. The molecule has 2 rings (SSSR count). The zero-order valence-corrected chi connectivity index (χ0v) is 11.4. The van der Waals surface area contributed by atoms with Crippen LogP contribution in [0.5, 0.6) is 0 Å². The van der Waals surface area contributed by atoms with Gasteiger partial charge < -0.3 is 4.90 Å². The van der Waals surface area contributed by atoms with Crippen molar-refractivity contribution >= 4 is 33.4 Å². The van der Waals surface area contributed by atoms with E-state index in [2.05, 4.69) is 57.5 Å². The Morgan fingerprint density at radius 1 is 1.47 bits per heavy atom. The van der Waals surface area contributed by atoms with E-state index in [1.54, 1.807) is 0 Å². The molecule has 0 radical (unpaired) electrons. The van der Waals surface area contributed by atoms with Crippen LogP contribution in [0.25, 0.3) is 0 Å². The van der Waals surface area contributed by atoms with Gasteiger partial charge in [0.05, 0.1) is 11.9 Å². The van der Waals surface area contributed by atoms with Crippen LogP contribution in [0, 0.1) is 0 Å². The van der Waals surface area contributed by atoms with E-state index in [-0.39, 0.29) is 0 Å². The fraction of sp³-hybridized carbons (Fsp3) is 0.545. The zero-order valence-electron chi connectivity index (χ0n) is 8.98. The third-order valence-electron chi connectivity index (χ3n) is 2.91. The van der Waals surface area contributed by atoms with Crippen LogP contribution >= 0.6 is 27.7 Å². The SMILES string of the molecule is CC1SCCN(c2cncc(Br)c2)C1C. The van der Waals surface area contributed by atoms with Crippen LogP contribution in [-0.4, -0.2) is 28.6 Å². The quantitative estimate of drug-likeness (QED) is 0.789. The third kappa shape index (κ3) is 2.48. The molecule has 15 heavy (non-hydrogen) atoms. The van der Waals surface area contributed by atoms with Gasteiger partial charge in [0.1, 0.15) is 0 Å². The molecule has 2 unspecified atom stereocenters. The third-order valence-corrected chi connectivity index (χ3v) is 4.68. The van der Waals surface area contributed by atoms with Crippen LogP contribution in [-0.2, 0) is 0 Å². The summed E-state index contributed by atoms with van der Waals surface area (Å²) in [5.74, 6) is 1.21. The molecule has 1 aliphatic rings. The van der Waals surface area contributed by atoms with Gasteiger partial charge in [0.15, 0.2) is 0 Å². The summed E-state index contributed by atoms with van der Waals surface area (Å²) in [7, 11) is 0. The highest BCUT2D eigenvalue weighted by Crippen LogP contribution is 2.29. The molecule has 82 valence electrons. The first-order chi connectivity index (χ1) is 7.18. The lowest BCUT2D eigenvalue weighted by atomic mass is 10.2. The van der Waals surface area contributed by atoms with Crippen molar-refractivity contribution in [3.05, 3.63) is 22.9 Å². The van der Waals surface area contributed by atoms with Crippen molar-refractivity contribution in [2.75, 3.05) is 17.2 Å². The predicted octanol–water partition coefficient (Wildman–Crippen LogP) is 3.17. The molecule has 1 aromatic heterocycles. The van der Waals surface area contributed by atoms with Gasteiger partial charge in [0.25, 0.3) is 0 Å². The van der Waals surface area contributed by atoms with E-state index in [0.29, 0.717) is 11.3 Å². The molecule has 1 aromatic rings. The number of rotatable bonds is 1. The summed E-state index contributed by atoms with van der Waals surface area (Å²) < 4.78 is 1.05. The summed E-state index contributed by atoms with van der Waals surface area (Å²) in [6.45, 7) is 5.71. The van der Waals surface area contributed by atoms with Crippen LogP contribution < -0.4 is 4.90 Å². The first-order valence-corrected chi connectivity index (χ1v) is 7.01. The number of hydrogen-bond acceptors (Lipinski definition) is 3. The Balaban J connectivity index is 2.22. The summed E-state index contributed by atoms with van der Waals surface area (Å²) in [6.07, 6.45) is 3.78. The van der Waals surface area contributed by atoms with Gasteiger partial charge in [-0.3, -0.25) is 4.98 Å². The molecule has 1 fully saturated rings. The molecule has 0 bridgehead atoms. The number of hydrogen-bond donors (Lipinski definition) is 0. The topological polar surface area (TPSA) is 16.1 Å². The maximum atomic E-state index is 4.22. The molecular formula is C11H15BrN2S. The molecule has 0 saturated carbocycles. The second kappa shape index (κ2) is 4.74. The van der Waals surface area contributed by atoms with Crippen molar-refractivity contribution in [2.45, 2.75) is 25.1 Å². The normalized spacial score (nSPS) is 26.7. The van der Waals surface area contributed by atoms with Crippen molar-refractivity contribution in [3.8, 4) is 0 Å². The van der Waals surface area contributed by atoms with E-state index in [0.717, 1.165) is 11.0 Å². The van der Waals surface area contributed by atoms with E-state index < -0.39 is 0 Å². The van der Waals surface area contributed by atoms with Gasteiger partial charge >= 0.3 is 0 Å². The van der Waals surface area contributed by atoms with Gasteiger partial charge in [0, 0.05) is 34.3 Å². The number of aromatic nitrogens is 1. The van der Waals surface area contributed by atoms with Crippen molar-refractivity contribution in [3.63, 3.8) is 0 Å². The van der Waals surface area contributed by atoms with E-state index in [1.807, 2.05) is 12.4 Å². The number of halogens is 1. The lowest BCUT2D eigenvalue weighted by Crippen LogP contribution is -2.44. The Morgan fingerprint density at radius 2 is 2.27 bits per heavy atom. The Kier molecular flexibility index (Phi) is 3.57. The van der Waals surface area contributed by atoms with Crippen LogP contribution in [0.3, 0.4) is 0 Å². The van der Waals surface area contributed by atoms with Crippen molar-refractivity contribution in [1.82, 2.24) is 4.98 Å². The predicted molar refractivity (Wildman–Crippen MR) is 70.7 cm³/mol. The van der Waals surface area contributed by atoms with Crippen molar-refractivity contribution in [1.29, 1.82) is 0 Å². The van der Waals surface area contributed by atoms with Crippen molar-refractivity contribution < 1.29 is 0 Å². The first kappa shape index (κ1) is 11.3. The smallest absolute Gasteiger partial charge is 0.0567 e. The molecule has 4 heteroatoms. The van der Waals surface area contributed by atoms with Gasteiger partial charge in [-0.1, -0.05) is 6.92 Å². The highest BCUT2D eigenvalue weighted by Gasteiger charge is 2.25. The van der Waals surface area contributed by atoms with E-state index >= 15 is 0 Å². The number of nitrogens with zero attached hydrogens (tertiary/aromatic N) is 2. The molecule has 2 heterocycles. The molecule has 1 saturated heterocycles. The Hall–Kier alpha value is -0.220. The summed E-state index contributed by atoms with van der Waals surface area (Å²) in [4.78, 5) is 6.67. The minimum Gasteiger partial charge on any atom is -0.366 e. The largest absolute Gasteiger partial charge is 0.366 e. The Bertz CT molecular complexity index is 345. The molecule has 0 amide bonds. The van der Waals surface area contributed by atoms with Gasteiger partial charge in [0.2, 0.25) is 0 Å². The average molecular weight is 287 g/mol. The van der Waals surface area contributed by atoms with Gasteiger partial charge in [-0.2, -0.15) is 11.8 Å². The van der Waals surface area contributed by atoms with Crippen LogP contribution in [0.15, 0.2) is 22.9 Å². The molecule has 2 nitrogen and oxygen atoms in total. The second-order valence-electron chi connectivity index (χ2n) is 3.87. The molecule has 1 aliphatic heterocycles. The molecule has 0 N–H and O–H groups in total. The molecule has 2 atom stereocenters. The molecule has 0 spiro atoms. The average Bonchev–Trinajstić information content (AvgIpc) is 2.22. The standard InChI is InChI=1S/C11H15BrN2S/c1-8-9(2)15-4-3-14(8)11-5-10(12)6-13-7-11/h5-9H,3-4H2,1-2H3. The van der Waals surface area contributed by atoms with E-state index in [9.17, 15) is 0 Å². The Morgan fingerprint density at radius 3 is 3.00 bits per heavy atom. The fourth-order valence-electron chi connectivity index (χ4n) is 1.86. The van der Waals surface area contributed by atoms with E-state index in [1.165, 1.54) is 11.4 Å². The maximum Gasteiger partial charge on any atom is 0.0567 e. The highest BCUT2D eigenvalue weighted by atomic mass is 79.9. The summed E-state index contributed by atoms with van der Waals surface area (Å²) >= 11 is 5.52. The molecule has 0 aromatic carbocycles. The zero-order chi connectivity index (χ0) is 10.8. The lowest BCUT2D eigenvalue weighted by molar-refractivity contribution is 0.626. The summed E-state index contributed by atoms with van der Waals surface area (Å²) in [5.41, 5.74) is 1.23. The number of thioether (sulfide) groups is 1. The van der Waals surface area contributed by atoms with Crippen molar-refractivity contribution in [2.24, 2.45) is 0 Å². The van der Waals surface area contributed by atoms with Crippen LogP contribution in [0.1, 0.15) is 13.8 Å². The monoisotopic (exact) mass is 286 g/mol. The second-order valence-corrected chi connectivity index (χ2v) is 6.27. The van der Waals surface area contributed by atoms with Gasteiger partial charge in [-0.05, 0) is 28.9 Å². The lowest BCUT2D eigenvalue weighted by Gasteiger charge is -2.39. The maximum absolute atomic E-state index is 4.22. The fourth-order valence-corrected chi connectivity index (χ4v) is 3.31. The number of anilines is 1. The minimum atomic E-state index is 0.583. The molecule has 0 aliphatic carbocycles. The van der Waals surface area contributed by atoms with E-state index in [4.69, 9.17) is 0 Å². The van der Waals surface area contributed by atoms with Gasteiger partial charge in [-0.15, -0.1) is 0 Å². The van der Waals surface area contributed by atoms with Crippen LogP contribution in [0.4, 0.5) is 5.69 Å². The Labute approximate surface area is 104 Å². The summed E-state index contributed by atoms with van der Waals surface area (Å²) in [5, 5.41) is 0.692. The summed E-state index contributed by atoms with van der Waals surface area (Å²) in [6, 6.07) is 2.73.